The average molecular weight is 307 g/mol. The SMILES string of the molecule is Cc1ccc(CNC(=O)N(CC(C)O)C(C)C)c(N(C)C)c1. The number of aliphatic hydroxyl groups excluding tert-OH is 1. The molecule has 1 unspecified atom stereocenters. The molecule has 0 saturated heterocycles. The maximum Gasteiger partial charge on any atom is 0.317 e. The number of urea groups is 1. The van der Waals surface area contributed by atoms with Crippen molar-refractivity contribution in [3.63, 3.8) is 0 Å². The Balaban J connectivity index is 2.78. The predicted molar refractivity (Wildman–Crippen MR) is 91.3 cm³/mol. The standard InChI is InChI=1S/C17H29N3O2/c1-12(2)20(11-14(4)21)17(22)18-10-15-8-7-13(3)9-16(15)19(5)6/h7-9,12,14,21H,10-11H2,1-6H3,(H,18,22). The van der Waals surface area contributed by atoms with Crippen molar-refractivity contribution in [2.24, 2.45) is 0 Å². The second-order valence-electron chi connectivity index (χ2n) is 6.28. The van der Waals surface area contributed by atoms with E-state index in [1.807, 2.05) is 45.0 Å². The Morgan fingerprint density at radius 3 is 2.41 bits per heavy atom. The highest BCUT2D eigenvalue weighted by atomic mass is 16.3. The normalized spacial score (nSPS) is 12.2. The molecule has 0 radical (unpaired) electrons. The summed E-state index contributed by atoms with van der Waals surface area (Å²) in [5.74, 6) is 0. The van der Waals surface area contributed by atoms with Crippen LogP contribution >= 0.6 is 0 Å². The lowest BCUT2D eigenvalue weighted by Gasteiger charge is -2.28. The highest BCUT2D eigenvalue weighted by Crippen LogP contribution is 2.20. The van der Waals surface area contributed by atoms with Crippen LogP contribution in [0.1, 0.15) is 31.9 Å². The monoisotopic (exact) mass is 307 g/mol. The third-order valence-electron chi connectivity index (χ3n) is 3.50. The molecule has 1 aromatic carbocycles. The van der Waals surface area contributed by atoms with Crippen LogP contribution in [0.2, 0.25) is 0 Å². The molecule has 2 amide bonds. The van der Waals surface area contributed by atoms with E-state index in [1.165, 1.54) is 5.56 Å². The van der Waals surface area contributed by atoms with E-state index in [0.29, 0.717) is 13.1 Å². The fraction of sp³-hybridized carbons (Fsp3) is 0.588. The van der Waals surface area contributed by atoms with Crippen LogP contribution in [-0.2, 0) is 6.54 Å². The van der Waals surface area contributed by atoms with Crippen LogP contribution in [0.4, 0.5) is 10.5 Å². The third kappa shape index (κ3) is 5.22. The van der Waals surface area contributed by atoms with Gasteiger partial charge in [-0.2, -0.15) is 0 Å². The van der Waals surface area contributed by atoms with E-state index < -0.39 is 6.10 Å². The molecule has 22 heavy (non-hydrogen) atoms. The maximum absolute atomic E-state index is 12.3. The smallest absolute Gasteiger partial charge is 0.317 e. The van der Waals surface area contributed by atoms with E-state index in [1.54, 1.807) is 11.8 Å². The first kappa shape index (κ1) is 18.3. The first-order valence-corrected chi connectivity index (χ1v) is 7.71. The minimum absolute atomic E-state index is 0.0425. The van der Waals surface area contributed by atoms with E-state index in [4.69, 9.17) is 0 Å². The van der Waals surface area contributed by atoms with Crippen molar-refractivity contribution in [2.75, 3.05) is 25.5 Å². The van der Waals surface area contributed by atoms with Gasteiger partial charge in [0, 0.05) is 38.9 Å². The van der Waals surface area contributed by atoms with Crippen molar-refractivity contribution in [1.82, 2.24) is 10.2 Å². The summed E-state index contributed by atoms with van der Waals surface area (Å²) in [5, 5.41) is 12.5. The van der Waals surface area contributed by atoms with Gasteiger partial charge in [0.1, 0.15) is 0 Å². The second kappa shape index (κ2) is 8.03. The molecule has 0 aliphatic carbocycles. The maximum atomic E-state index is 12.3. The quantitative estimate of drug-likeness (QED) is 0.848. The summed E-state index contributed by atoms with van der Waals surface area (Å²) in [4.78, 5) is 16.0. The lowest BCUT2D eigenvalue weighted by molar-refractivity contribution is 0.119. The number of nitrogens with zero attached hydrogens (tertiary/aromatic N) is 2. The summed E-state index contributed by atoms with van der Waals surface area (Å²) in [6.07, 6.45) is -0.537. The molecule has 0 heterocycles. The van der Waals surface area contributed by atoms with Crippen molar-refractivity contribution in [3.05, 3.63) is 29.3 Å². The van der Waals surface area contributed by atoms with Crippen molar-refractivity contribution in [1.29, 1.82) is 0 Å². The predicted octanol–water partition coefficient (Wildman–Crippen LogP) is 2.36. The number of nitrogens with one attached hydrogen (secondary N) is 1. The molecule has 0 fully saturated rings. The summed E-state index contributed by atoms with van der Waals surface area (Å²) in [7, 11) is 3.99. The molecule has 5 nitrogen and oxygen atoms in total. The summed E-state index contributed by atoms with van der Waals surface area (Å²) in [5.41, 5.74) is 3.37. The van der Waals surface area contributed by atoms with Crippen LogP contribution in [0.15, 0.2) is 18.2 Å². The third-order valence-corrected chi connectivity index (χ3v) is 3.50. The number of hydrogen-bond acceptors (Lipinski definition) is 3. The Morgan fingerprint density at radius 1 is 1.27 bits per heavy atom. The lowest BCUT2D eigenvalue weighted by Crippen LogP contribution is -2.46. The molecule has 0 aromatic heterocycles. The average Bonchev–Trinajstić information content (AvgIpc) is 2.42. The molecule has 0 saturated carbocycles. The Labute approximate surface area is 133 Å². The minimum atomic E-state index is -0.537. The molecule has 0 spiro atoms. The first-order chi connectivity index (χ1) is 10.2. The number of hydrogen-bond donors (Lipinski definition) is 2. The number of aliphatic hydroxyl groups is 1. The molecule has 1 atom stereocenters. The Hall–Kier alpha value is -1.75. The molecule has 0 aliphatic rings. The van der Waals surface area contributed by atoms with E-state index in [9.17, 15) is 9.90 Å². The molecule has 0 aliphatic heterocycles. The first-order valence-electron chi connectivity index (χ1n) is 7.71. The van der Waals surface area contributed by atoms with Crippen LogP contribution in [-0.4, -0.2) is 48.8 Å². The van der Waals surface area contributed by atoms with Gasteiger partial charge in [0.05, 0.1) is 6.10 Å². The van der Waals surface area contributed by atoms with Gasteiger partial charge in [0.25, 0.3) is 0 Å². The molecular formula is C17H29N3O2. The van der Waals surface area contributed by atoms with Crippen molar-refractivity contribution < 1.29 is 9.90 Å². The summed E-state index contributed by atoms with van der Waals surface area (Å²) < 4.78 is 0. The molecular weight excluding hydrogens is 278 g/mol. The zero-order valence-corrected chi connectivity index (χ0v) is 14.6. The molecule has 5 heteroatoms. The Bertz CT molecular complexity index is 499. The summed E-state index contributed by atoms with van der Waals surface area (Å²) >= 11 is 0. The van der Waals surface area contributed by atoms with E-state index in [0.717, 1.165) is 11.3 Å². The van der Waals surface area contributed by atoms with E-state index in [2.05, 4.69) is 18.3 Å². The molecule has 1 rings (SSSR count). The van der Waals surface area contributed by atoms with Crippen LogP contribution < -0.4 is 10.2 Å². The molecule has 124 valence electrons. The van der Waals surface area contributed by atoms with Crippen LogP contribution in [0, 0.1) is 6.92 Å². The van der Waals surface area contributed by atoms with Gasteiger partial charge in [-0.3, -0.25) is 0 Å². The highest BCUT2D eigenvalue weighted by Gasteiger charge is 2.18. The zero-order valence-electron chi connectivity index (χ0n) is 14.6. The van der Waals surface area contributed by atoms with Gasteiger partial charge in [-0.15, -0.1) is 0 Å². The van der Waals surface area contributed by atoms with Crippen LogP contribution in [0.25, 0.3) is 0 Å². The van der Waals surface area contributed by atoms with Gasteiger partial charge < -0.3 is 20.2 Å². The Morgan fingerprint density at radius 2 is 1.91 bits per heavy atom. The van der Waals surface area contributed by atoms with Crippen molar-refractivity contribution >= 4 is 11.7 Å². The minimum Gasteiger partial charge on any atom is -0.392 e. The van der Waals surface area contributed by atoms with E-state index >= 15 is 0 Å². The van der Waals surface area contributed by atoms with E-state index in [-0.39, 0.29) is 12.1 Å². The zero-order chi connectivity index (χ0) is 16.9. The van der Waals surface area contributed by atoms with Gasteiger partial charge in [-0.25, -0.2) is 4.79 Å². The number of amides is 2. The summed E-state index contributed by atoms with van der Waals surface area (Å²) in [6.45, 7) is 8.43. The fourth-order valence-corrected chi connectivity index (χ4v) is 2.32. The second-order valence-corrected chi connectivity index (χ2v) is 6.28. The van der Waals surface area contributed by atoms with Gasteiger partial charge in [0.2, 0.25) is 0 Å². The lowest BCUT2D eigenvalue weighted by atomic mass is 10.1. The molecule has 0 bridgehead atoms. The van der Waals surface area contributed by atoms with Crippen molar-refractivity contribution in [3.8, 4) is 0 Å². The van der Waals surface area contributed by atoms with Gasteiger partial charge >= 0.3 is 6.03 Å². The Kier molecular flexibility index (Phi) is 6.68. The largest absolute Gasteiger partial charge is 0.392 e. The number of carbonyl (C=O) groups excluding carboxylic acids is 1. The number of rotatable bonds is 6. The number of aryl methyl sites for hydroxylation is 1. The summed E-state index contributed by atoms with van der Waals surface area (Å²) in [6, 6.07) is 6.09. The number of carbonyl (C=O) groups is 1. The molecule has 1 aromatic rings. The number of benzene rings is 1. The topological polar surface area (TPSA) is 55.8 Å². The molecule has 2 N–H and O–H groups in total. The van der Waals surface area contributed by atoms with Crippen LogP contribution in [0.5, 0.6) is 0 Å². The number of anilines is 1. The van der Waals surface area contributed by atoms with Gasteiger partial charge in [-0.05, 0) is 44.9 Å². The van der Waals surface area contributed by atoms with Gasteiger partial charge in [0.15, 0.2) is 0 Å². The van der Waals surface area contributed by atoms with Crippen molar-refractivity contribution in [2.45, 2.75) is 46.4 Å². The van der Waals surface area contributed by atoms with Gasteiger partial charge in [-0.1, -0.05) is 12.1 Å². The fourth-order valence-electron chi connectivity index (χ4n) is 2.32. The van der Waals surface area contributed by atoms with Crippen LogP contribution in [0.3, 0.4) is 0 Å². The highest BCUT2D eigenvalue weighted by molar-refractivity contribution is 5.74.